The monoisotopic (exact) mass is 526 g/mol. The first-order chi connectivity index (χ1) is 16.4. The molecule has 2 aliphatic heterocycles. The smallest absolute Gasteiger partial charge is 0.296 e. The molecular formula is C25H34O8S2. The highest BCUT2D eigenvalue weighted by Gasteiger charge is 2.39. The molecule has 35 heavy (non-hydrogen) atoms. The minimum absolute atomic E-state index is 0.127. The molecule has 0 amide bonds. The van der Waals surface area contributed by atoms with Gasteiger partial charge in [-0.15, -0.1) is 0 Å². The van der Waals surface area contributed by atoms with Gasteiger partial charge in [-0.25, -0.2) is 0 Å². The summed E-state index contributed by atoms with van der Waals surface area (Å²) in [5.41, 5.74) is 1.74. The van der Waals surface area contributed by atoms with Crippen LogP contribution in [0.25, 0.3) is 0 Å². The maximum atomic E-state index is 12.0. The molecule has 10 heteroatoms. The van der Waals surface area contributed by atoms with Gasteiger partial charge in [-0.1, -0.05) is 49.2 Å². The Morgan fingerprint density at radius 2 is 1.11 bits per heavy atom. The van der Waals surface area contributed by atoms with E-state index in [0.717, 1.165) is 17.5 Å². The zero-order chi connectivity index (χ0) is 25.7. The van der Waals surface area contributed by atoms with Crippen LogP contribution < -0.4 is 0 Å². The van der Waals surface area contributed by atoms with E-state index in [2.05, 4.69) is 0 Å². The third kappa shape index (κ3) is 7.34. The fraction of sp³-hybridized carbons (Fsp3) is 0.520. The molecule has 0 aromatic heterocycles. The molecule has 2 heterocycles. The molecule has 0 spiro atoms. The molecule has 0 unspecified atom stereocenters. The second-order valence-corrected chi connectivity index (χ2v) is 12.9. The zero-order valence-corrected chi connectivity index (χ0v) is 22.3. The first-order valence-corrected chi connectivity index (χ1v) is 14.3. The molecule has 0 N–H and O–H groups in total. The molecule has 0 saturated carbocycles. The Morgan fingerprint density at radius 3 is 1.43 bits per heavy atom. The number of hydrogen-bond donors (Lipinski definition) is 0. The van der Waals surface area contributed by atoms with E-state index in [-0.39, 0.29) is 33.8 Å². The molecule has 2 saturated heterocycles. The summed E-state index contributed by atoms with van der Waals surface area (Å²) in [5, 5.41) is 0. The average Bonchev–Trinajstić information content (AvgIpc) is 2.77. The first kappa shape index (κ1) is 27.8. The Kier molecular flexibility index (Phi) is 8.77. The summed E-state index contributed by atoms with van der Waals surface area (Å²) >= 11 is 0. The second kappa shape index (κ2) is 11.1. The van der Waals surface area contributed by atoms with Gasteiger partial charge in [0, 0.05) is 10.8 Å². The van der Waals surface area contributed by atoms with Crippen LogP contribution in [0.15, 0.2) is 58.3 Å². The molecule has 0 bridgehead atoms. The van der Waals surface area contributed by atoms with E-state index in [0.29, 0.717) is 26.4 Å². The SMILES string of the molecule is CCC1(COS(=O)(=O)c2ccc(C)cc2)COC1.Cc1ccc(S(=O)(=O)OCC2(C)COC2)cc1. The van der Waals surface area contributed by atoms with Gasteiger partial charge in [-0.2, -0.15) is 16.8 Å². The van der Waals surface area contributed by atoms with Crippen LogP contribution in [0.1, 0.15) is 31.4 Å². The van der Waals surface area contributed by atoms with Gasteiger partial charge in [0.25, 0.3) is 20.2 Å². The Hall–Kier alpha value is -1.82. The maximum Gasteiger partial charge on any atom is 0.296 e. The van der Waals surface area contributed by atoms with E-state index in [1.807, 2.05) is 27.7 Å². The van der Waals surface area contributed by atoms with Crippen molar-refractivity contribution in [2.45, 2.75) is 43.9 Å². The molecule has 8 nitrogen and oxygen atoms in total. The normalized spacial score (nSPS) is 18.5. The summed E-state index contributed by atoms with van der Waals surface area (Å²) in [6, 6.07) is 13.3. The van der Waals surface area contributed by atoms with E-state index in [9.17, 15) is 16.8 Å². The molecule has 4 rings (SSSR count). The van der Waals surface area contributed by atoms with Crippen LogP contribution in [-0.4, -0.2) is 56.5 Å². The van der Waals surface area contributed by atoms with Crippen LogP contribution in [0.4, 0.5) is 0 Å². The first-order valence-electron chi connectivity index (χ1n) is 11.5. The lowest BCUT2D eigenvalue weighted by Crippen LogP contribution is -2.46. The average molecular weight is 527 g/mol. The van der Waals surface area contributed by atoms with Crippen molar-refractivity contribution in [3.63, 3.8) is 0 Å². The summed E-state index contributed by atoms with van der Waals surface area (Å²) in [5.74, 6) is 0. The Labute approximate surface area is 208 Å². The standard InChI is InChI=1S/C13H18O4S.C12H16O4S/c1-3-13(8-16-9-13)10-17-18(14,15)12-6-4-11(2)5-7-12;1-10-3-5-11(6-4-10)17(13,14)16-9-12(2)7-15-8-12/h4-7H,3,8-10H2,1-2H3;3-6H,7-9H2,1-2H3. The van der Waals surface area contributed by atoms with Crippen LogP contribution in [0, 0.1) is 24.7 Å². The summed E-state index contributed by atoms with van der Waals surface area (Å²) in [7, 11) is -7.29. The minimum Gasteiger partial charge on any atom is -0.380 e. The van der Waals surface area contributed by atoms with Gasteiger partial charge in [0.05, 0.1) is 49.4 Å². The topological polar surface area (TPSA) is 105 Å². The van der Waals surface area contributed by atoms with Gasteiger partial charge in [0.2, 0.25) is 0 Å². The Balaban J connectivity index is 0.000000196. The molecule has 0 atom stereocenters. The Bertz CT molecular complexity index is 1170. The van der Waals surface area contributed by atoms with E-state index in [1.165, 1.54) is 0 Å². The molecule has 0 radical (unpaired) electrons. The van der Waals surface area contributed by atoms with Gasteiger partial charge < -0.3 is 9.47 Å². The molecule has 2 aromatic carbocycles. The maximum absolute atomic E-state index is 12.0. The van der Waals surface area contributed by atoms with E-state index < -0.39 is 20.2 Å². The number of aryl methyl sites for hydroxylation is 2. The van der Waals surface area contributed by atoms with Gasteiger partial charge in [0.1, 0.15) is 0 Å². The van der Waals surface area contributed by atoms with Crippen LogP contribution in [-0.2, 0) is 38.1 Å². The minimum atomic E-state index is -3.65. The van der Waals surface area contributed by atoms with Crippen molar-refractivity contribution in [3.8, 4) is 0 Å². The lowest BCUT2D eigenvalue weighted by atomic mass is 9.84. The second-order valence-electron chi connectivity index (χ2n) is 9.71. The van der Waals surface area contributed by atoms with Crippen molar-refractivity contribution >= 4 is 20.2 Å². The third-order valence-electron chi connectivity index (χ3n) is 6.17. The summed E-state index contributed by atoms with van der Waals surface area (Å²) < 4.78 is 68.1. The van der Waals surface area contributed by atoms with Gasteiger partial charge >= 0.3 is 0 Å². The summed E-state index contributed by atoms with van der Waals surface area (Å²) in [4.78, 5) is 0.409. The van der Waals surface area contributed by atoms with Crippen molar-refractivity contribution in [3.05, 3.63) is 59.7 Å². The molecule has 0 aliphatic carbocycles. The summed E-state index contributed by atoms with van der Waals surface area (Å²) in [6.07, 6.45) is 0.858. The fourth-order valence-corrected chi connectivity index (χ4v) is 5.34. The van der Waals surface area contributed by atoms with E-state index >= 15 is 0 Å². The van der Waals surface area contributed by atoms with Crippen LogP contribution in [0.3, 0.4) is 0 Å². The lowest BCUT2D eigenvalue weighted by Gasteiger charge is -2.39. The molecular weight excluding hydrogens is 492 g/mol. The highest BCUT2D eigenvalue weighted by atomic mass is 32.2. The predicted octanol–water partition coefficient (Wildman–Crippen LogP) is 3.86. The van der Waals surface area contributed by atoms with Crippen LogP contribution in [0.5, 0.6) is 0 Å². The van der Waals surface area contributed by atoms with E-state index in [1.54, 1.807) is 48.5 Å². The highest BCUT2D eigenvalue weighted by molar-refractivity contribution is 7.87. The lowest BCUT2D eigenvalue weighted by molar-refractivity contribution is -0.132. The van der Waals surface area contributed by atoms with Gasteiger partial charge in [-0.05, 0) is 44.5 Å². The third-order valence-corrected chi connectivity index (χ3v) is 8.72. The zero-order valence-electron chi connectivity index (χ0n) is 20.7. The van der Waals surface area contributed by atoms with E-state index in [4.69, 9.17) is 17.8 Å². The molecule has 2 fully saturated rings. The molecule has 2 aliphatic rings. The number of hydrogen-bond acceptors (Lipinski definition) is 8. The van der Waals surface area contributed by atoms with Crippen LogP contribution in [0.2, 0.25) is 0 Å². The van der Waals surface area contributed by atoms with Crippen LogP contribution >= 0.6 is 0 Å². The quantitative estimate of drug-likeness (QED) is 0.454. The fourth-order valence-electron chi connectivity index (χ4n) is 3.28. The summed E-state index contributed by atoms with van der Waals surface area (Å²) in [6.45, 7) is 10.4. The van der Waals surface area contributed by atoms with Crippen molar-refractivity contribution in [2.24, 2.45) is 10.8 Å². The number of rotatable bonds is 9. The van der Waals surface area contributed by atoms with Crippen molar-refractivity contribution < 1.29 is 34.7 Å². The number of benzene rings is 2. The van der Waals surface area contributed by atoms with Gasteiger partial charge in [0.15, 0.2) is 0 Å². The van der Waals surface area contributed by atoms with Crippen molar-refractivity contribution in [1.82, 2.24) is 0 Å². The molecule has 2 aromatic rings. The van der Waals surface area contributed by atoms with Crippen molar-refractivity contribution in [1.29, 1.82) is 0 Å². The number of ether oxygens (including phenoxy) is 2. The van der Waals surface area contributed by atoms with Crippen molar-refractivity contribution in [2.75, 3.05) is 39.6 Å². The Morgan fingerprint density at radius 1 is 0.714 bits per heavy atom. The predicted molar refractivity (Wildman–Crippen MR) is 131 cm³/mol. The largest absolute Gasteiger partial charge is 0.380 e. The highest BCUT2D eigenvalue weighted by Crippen LogP contribution is 2.32. The van der Waals surface area contributed by atoms with Gasteiger partial charge in [-0.3, -0.25) is 8.37 Å². The molecule has 194 valence electrons.